The highest BCUT2D eigenvalue weighted by molar-refractivity contribution is 5.20. The van der Waals surface area contributed by atoms with Crippen LogP contribution in [0.1, 0.15) is 5.69 Å². The van der Waals surface area contributed by atoms with Crippen LogP contribution in [-0.2, 0) is 13.1 Å². The number of ether oxygens (including phenoxy) is 1. The molecule has 0 aliphatic carbocycles. The predicted molar refractivity (Wildman–Crippen MR) is 71.1 cm³/mol. The smallest absolute Gasteiger partial charge is 0.137 e. The molecule has 20 heavy (non-hydrogen) atoms. The molecule has 102 valence electrons. The van der Waals surface area contributed by atoms with Crippen LogP contribution in [0.15, 0.2) is 49.2 Å². The molecule has 0 aliphatic rings. The van der Waals surface area contributed by atoms with Gasteiger partial charge < -0.3 is 4.74 Å². The van der Waals surface area contributed by atoms with Gasteiger partial charge in [-0.15, -0.1) is 5.10 Å². The van der Waals surface area contributed by atoms with Crippen LogP contribution in [0.25, 0.3) is 0 Å². The van der Waals surface area contributed by atoms with Gasteiger partial charge in [0.05, 0.1) is 19.3 Å². The summed E-state index contributed by atoms with van der Waals surface area (Å²) in [4.78, 5) is 3.89. The molecule has 2 aromatic heterocycles. The number of hydrogen-bond donors (Lipinski definition) is 0. The zero-order valence-electron chi connectivity index (χ0n) is 10.8. The van der Waals surface area contributed by atoms with Gasteiger partial charge in [-0.1, -0.05) is 23.4 Å². The number of rotatable bonds is 6. The van der Waals surface area contributed by atoms with Gasteiger partial charge in [0.2, 0.25) is 0 Å². The van der Waals surface area contributed by atoms with Crippen LogP contribution in [0, 0.1) is 0 Å². The van der Waals surface area contributed by atoms with Crippen LogP contribution in [0.3, 0.4) is 0 Å². The van der Waals surface area contributed by atoms with Crippen molar-refractivity contribution in [2.75, 3.05) is 6.61 Å². The van der Waals surface area contributed by atoms with Gasteiger partial charge in [0, 0.05) is 0 Å². The maximum Gasteiger partial charge on any atom is 0.137 e. The Labute approximate surface area is 115 Å². The molecule has 2 heterocycles. The lowest BCUT2D eigenvalue weighted by Gasteiger charge is -2.04. The molecular formula is C13H14N6O. The first kappa shape index (κ1) is 12.3. The standard InChI is InChI=1S/C13H14N6O/c1-2-4-13(5-3-1)20-7-6-18-8-12(16-17-18)9-19-11-14-10-15-19/h1-5,8,10-11H,6-7,9H2. The summed E-state index contributed by atoms with van der Waals surface area (Å²) in [6.07, 6.45) is 5.03. The van der Waals surface area contributed by atoms with Crippen LogP contribution >= 0.6 is 0 Å². The molecular weight excluding hydrogens is 256 g/mol. The summed E-state index contributed by atoms with van der Waals surface area (Å²) in [6, 6.07) is 9.71. The van der Waals surface area contributed by atoms with Crippen molar-refractivity contribution in [3.63, 3.8) is 0 Å². The number of aromatic nitrogens is 6. The molecule has 7 heteroatoms. The molecule has 0 radical (unpaired) electrons. The molecule has 0 unspecified atom stereocenters. The van der Waals surface area contributed by atoms with Gasteiger partial charge in [-0.2, -0.15) is 5.10 Å². The Bertz CT molecular complexity index is 634. The fourth-order valence-corrected chi connectivity index (χ4v) is 1.77. The third kappa shape index (κ3) is 3.19. The van der Waals surface area contributed by atoms with E-state index in [4.69, 9.17) is 4.74 Å². The normalized spacial score (nSPS) is 10.6. The number of benzene rings is 1. The highest BCUT2D eigenvalue weighted by atomic mass is 16.5. The highest BCUT2D eigenvalue weighted by Gasteiger charge is 2.02. The Morgan fingerprint density at radius 1 is 1.10 bits per heavy atom. The number of hydrogen-bond acceptors (Lipinski definition) is 5. The molecule has 7 nitrogen and oxygen atoms in total. The Balaban J connectivity index is 1.50. The maximum absolute atomic E-state index is 5.61. The van der Waals surface area contributed by atoms with E-state index < -0.39 is 0 Å². The fourth-order valence-electron chi connectivity index (χ4n) is 1.77. The van der Waals surface area contributed by atoms with Gasteiger partial charge in [-0.25, -0.2) is 14.3 Å². The van der Waals surface area contributed by atoms with E-state index in [1.54, 1.807) is 15.7 Å². The molecule has 0 aliphatic heterocycles. The van der Waals surface area contributed by atoms with Crippen molar-refractivity contribution in [1.29, 1.82) is 0 Å². The second kappa shape index (κ2) is 5.96. The van der Waals surface area contributed by atoms with Crippen molar-refractivity contribution < 1.29 is 4.74 Å². The van der Waals surface area contributed by atoms with Gasteiger partial charge in [0.25, 0.3) is 0 Å². The minimum Gasteiger partial charge on any atom is -0.492 e. The lowest BCUT2D eigenvalue weighted by atomic mass is 10.3. The first-order valence-electron chi connectivity index (χ1n) is 6.29. The predicted octanol–water partition coefficient (Wildman–Crippen LogP) is 0.997. The van der Waals surface area contributed by atoms with E-state index in [2.05, 4.69) is 20.4 Å². The zero-order chi connectivity index (χ0) is 13.6. The van der Waals surface area contributed by atoms with Gasteiger partial charge in [0.15, 0.2) is 0 Å². The van der Waals surface area contributed by atoms with E-state index in [9.17, 15) is 0 Å². The minimum atomic E-state index is 0.552. The van der Waals surface area contributed by atoms with E-state index in [0.29, 0.717) is 19.7 Å². The summed E-state index contributed by atoms with van der Waals surface area (Å²) >= 11 is 0. The molecule has 0 amide bonds. The van der Waals surface area contributed by atoms with Crippen molar-refractivity contribution in [3.8, 4) is 5.75 Å². The first-order chi connectivity index (χ1) is 9.90. The van der Waals surface area contributed by atoms with E-state index in [1.807, 2.05) is 36.5 Å². The van der Waals surface area contributed by atoms with Gasteiger partial charge >= 0.3 is 0 Å². The third-order valence-electron chi connectivity index (χ3n) is 2.71. The Morgan fingerprint density at radius 3 is 2.80 bits per heavy atom. The molecule has 1 aromatic carbocycles. The lowest BCUT2D eigenvalue weighted by Crippen LogP contribution is -2.08. The van der Waals surface area contributed by atoms with E-state index in [0.717, 1.165) is 11.4 Å². The van der Waals surface area contributed by atoms with Gasteiger partial charge in [-0.05, 0) is 12.1 Å². The van der Waals surface area contributed by atoms with Crippen LogP contribution in [0.5, 0.6) is 5.75 Å². The zero-order valence-corrected chi connectivity index (χ0v) is 10.8. The topological polar surface area (TPSA) is 70.7 Å². The summed E-state index contributed by atoms with van der Waals surface area (Å²) in [5, 5.41) is 12.2. The largest absolute Gasteiger partial charge is 0.492 e. The molecule has 0 saturated heterocycles. The molecule has 0 atom stereocenters. The Kier molecular flexibility index (Phi) is 3.68. The maximum atomic E-state index is 5.61. The molecule has 0 fully saturated rings. The average molecular weight is 270 g/mol. The van der Waals surface area contributed by atoms with Gasteiger partial charge in [0.1, 0.15) is 30.7 Å². The second-order valence-electron chi connectivity index (χ2n) is 4.23. The molecule has 0 saturated carbocycles. The van der Waals surface area contributed by atoms with E-state index in [1.165, 1.54) is 6.33 Å². The quantitative estimate of drug-likeness (QED) is 0.668. The SMILES string of the molecule is c1ccc(OCCn2cc(Cn3cncn3)nn2)cc1. The molecule has 3 aromatic rings. The fraction of sp³-hybridized carbons (Fsp3) is 0.231. The summed E-state index contributed by atoms with van der Waals surface area (Å²) in [7, 11) is 0. The van der Waals surface area contributed by atoms with Crippen molar-refractivity contribution in [3.05, 3.63) is 54.9 Å². The Hall–Kier alpha value is -2.70. The minimum absolute atomic E-state index is 0.552. The number of nitrogens with zero attached hydrogens (tertiary/aromatic N) is 6. The molecule has 0 spiro atoms. The Morgan fingerprint density at radius 2 is 2.00 bits per heavy atom. The van der Waals surface area contributed by atoms with Crippen LogP contribution < -0.4 is 4.74 Å². The van der Waals surface area contributed by atoms with Crippen molar-refractivity contribution in [2.24, 2.45) is 0 Å². The molecule has 0 N–H and O–H groups in total. The summed E-state index contributed by atoms with van der Waals surface area (Å²) in [5.41, 5.74) is 0.843. The van der Waals surface area contributed by atoms with Gasteiger partial charge in [-0.3, -0.25) is 0 Å². The molecule has 0 bridgehead atoms. The van der Waals surface area contributed by atoms with E-state index in [-0.39, 0.29) is 0 Å². The summed E-state index contributed by atoms with van der Waals surface area (Å²) in [5.74, 6) is 0.857. The highest BCUT2D eigenvalue weighted by Crippen LogP contribution is 2.08. The van der Waals surface area contributed by atoms with Crippen LogP contribution in [0.2, 0.25) is 0 Å². The summed E-state index contributed by atoms with van der Waals surface area (Å²) in [6.45, 7) is 1.77. The monoisotopic (exact) mass is 270 g/mol. The van der Waals surface area contributed by atoms with Crippen molar-refractivity contribution in [2.45, 2.75) is 13.1 Å². The molecule has 3 rings (SSSR count). The third-order valence-corrected chi connectivity index (χ3v) is 2.71. The average Bonchev–Trinajstić information content (AvgIpc) is 3.13. The van der Waals surface area contributed by atoms with E-state index >= 15 is 0 Å². The second-order valence-corrected chi connectivity index (χ2v) is 4.23. The first-order valence-corrected chi connectivity index (χ1v) is 6.29. The van der Waals surface area contributed by atoms with Crippen LogP contribution in [-0.4, -0.2) is 36.4 Å². The van der Waals surface area contributed by atoms with Crippen molar-refractivity contribution >= 4 is 0 Å². The summed E-state index contributed by atoms with van der Waals surface area (Å²) < 4.78 is 9.07. The lowest BCUT2D eigenvalue weighted by molar-refractivity contribution is 0.289. The van der Waals surface area contributed by atoms with Crippen molar-refractivity contribution in [1.82, 2.24) is 29.8 Å². The van der Waals surface area contributed by atoms with Crippen LogP contribution in [0.4, 0.5) is 0 Å². The number of para-hydroxylation sites is 1.